The maximum atomic E-state index is 10.1. The van der Waals surface area contributed by atoms with Crippen molar-refractivity contribution in [1.29, 1.82) is 0 Å². The van der Waals surface area contributed by atoms with E-state index in [-0.39, 0.29) is 6.29 Å². The fourth-order valence-corrected chi connectivity index (χ4v) is 0.791. The van der Waals surface area contributed by atoms with Crippen LogP contribution in [-0.2, 0) is 14.3 Å². The van der Waals surface area contributed by atoms with Crippen molar-refractivity contribution in [3.05, 3.63) is 0 Å². The molecule has 4 heteroatoms. The van der Waals surface area contributed by atoms with Crippen molar-refractivity contribution in [1.82, 2.24) is 4.90 Å². The second-order valence-electron chi connectivity index (χ2n) is 2.22. The molecule has 0 aliphatic carbocycles. The van der Waals surface area contributed by atoms with Crippen LogP contribution in [0, 0.1) is 0 Å². The predicted octanol–water partition coefficient (Wildman–Crippen LogP) is -0.553. The van der Waals surface area contributed by atoms with E-state index in [0.717, 1.165) is 6.41 Å². The van der Waals surface area contributed by atoms with Gasteiger partial charge in [0.2, 0.25) is 6.41 Å². The zero-order valence-electron chi connectivity index (χ0n) is 5.95. The monoisotopic (exact) mass is 145 g/mol. The Morgan fingerprint density at radius 3 is 2.70 bits per heavy atom. The molecule has 1 amide bonds. The Kier molecular flexibility index (Phi) is 2.65. The average molecular weight is 145 g/mol. The van der Waals surface area contributed by atoms with Gasteiger partial charge in [-0.25, -0.2) is 0 Å². The number of hydrogen-bond acceptors (Lipinski definition) is 3. The Bertz CT molecular complexity index is 112. The smallest absolute Gasteiger partial charge is 0.209 e. The molecule has 1 aliphatic rings. The molecule has 0 unspecified atom stereocenters. The van der Waals surface area contributed by atoms with E-state index in [1.807, 2.05) is 0 Å². The molecule has 0 bridgehead atoms. The van der Waals surface area contributed by atoms with Crippen molar-refractivity contribution in [2.75, 3.05) is 26.8 Å². The Labute approximate surface area is 59.7 Å². The van der Waals surface area contributed by atoms with Gasteiger partial charge in [0.1, 0.15) is 0 Å². The van der Waals surface area contributed by atoms with Crippen LogP contribution in [-0.4, -0.2) is 44.4 Å². The molecule has 1 rings (SSSR count). The number of likely N-dealkylation sites (N-methyl/N-ethyl adjacent to an activating group) is 1. The van der Waals surface area contributed by atoms with Gasteiger partial charge in [-0.15, -0.1) is 0 Å². The molecule has 0 N–H and O–H groups in total. The fraction of sp³-hybridized carbons (Fsp3) is 0.833. The van der Waals surface area contributed by atoms with Crippen LogP contribution in [0.2, 0.25) is 0 Å². The van der Waals surface area contributed by atoms with Gasteiger partial charge >= 0.3 is 0 Å². The van der Waals surface area contributed by atoms with Gasteiger partial charge in [-0.05, 0) is 0 Å². The van der Waals surface area contributed by atoms with Gasteiger partial charge in [-0.2, -0.15) is 0 Å². The predicted molar refractivity (Wildman–Crippen MR) is 34.4 cm³/mol. The summed E-state index contributed by atoms with van der Waals surface area (Å²) in [6, 6.07) is 0. The first-order valence-electron chi connectivity index (χ1n) is 3.21. The number of amides is 1. The zero-order chi connectivity index (χ0) is 7.40. The van der Waals surface area contributed by atoms with E-state index in [1.54, 1.807) is 7.05 Å². The highest BCUT2D eigenvalue weighted by molar-refractivity contribution is 5.46. The third-order valence-electron chi connectivity index (χ3n) is 1.31. The van der Waals surface area contributed by atoms with E-state index in [2.05, 4.69) is 0 Å². The molecule has 0 spiro atoms. The van der Waals surface area contributed by atoms with Crippen LogP contribution in [0.4, 0.5) is 0 Å². The topological polar surface area (TPSA) is 38.8 Å². The molecule has 0 atom stereocenters. The van der Waals surface area contributed by atoms with Crippen LogP contribution in [0.25, 0.3) is 0 Å². The first kappa shape index (κ1) is 7.50. The molecule has 1 heterocycles. The Hall–Kier alpha value is -0.610. The normalized spacial score (nSPS) is 19.3. The van der Waals surface area contributed by atoms with Crippen LogP contribution in [0.5, 0.6) is 0 Å². The van der Waals surface area contributed by atoms with Crippen LogP contribution < -0.4 is 0 Å². The highest BCUT2D eigenvalue weighted by Crippen LogP contribution is 2.03. The first-order chi connectivity index (χ1) is 4.83. The summed E-state index contributed by atoms with van der Waals surface area (Å²) in [6.45, 7) is 1.79. The molecule has 0 aromatic heterocycles. The van der Waals surface area contributed by atoms with Gasteiger partial charge in [-0.1, -0.05) is 0 Å². The second kappa shape index (κ2) is 3.53. The van der Waals surface area contributed by atoms with Crippen molar-refractivity contribution in [3.8, 4) is 0 Å². The van der Waals surface area contributed by atoms with Gasteiger partial charge in [-0.3, -0.25) is 4.79 Å². The molecule has 0 radical (unpaired) electrons. The summed E-state index contributed by atoms with van der Waals surface area (Å²) in [5.74, 6) is 0. The maximum absolute atomic E-state index is 10.1. The van der Waals surface area contributed by atoms with E-state index < -0.39 is 0 Å². The van der Waals surface area contributed by atoms with Gasteiger partial charge in [0.25, 0.3) is 0 Å². The molecule has 0 saturated carbocycles. The number of hydrogen-bond donors (Lipinski definition) is 0. The molecular weight excluding hydrogens is 134 g/mol. The molecule has 1 aliphatic heterocycles. The lowest BCUT2D eigenvalue weighted by atomic mass is 10.6. The van der Waals surface area contributed by atoms with Crippen molar-refractivity contribution < 1.29 is 14.3 Å². The summed E-state index contributed by atoms with van der Waals surface area (Å²) < 4.78 is 10.2. The Balaban J connectivity index is 2.17. The summed E-state index contributed by atoms with van der Waals surface area (Å²) in [5.41, 5.74) is 0. The standard InChI is InChI=1S/C6H11NO3/c1-7(5-8)4-6-9-2-3-10-6/h5-6H,2-4H2,1H3. The maximum Gasteiger partial charge on any atom is 0.209 e. The Morgan fingerprint density at radius 2 is 2.20 bits per heavy atom. The average Bonchev–Trinajstić information content (AvgIpc) is 2.40. The van der Waals surface area contributed by atoms with Crippen LogP contribution in [0.1, 0.15) is 0 Å². The van der Waals surface area contributed by atoms with E-state index in [9.17, 15) is 4.79 Å². The van der Waals surface area contributed by atoms with Crippen LogP contribution >= 0.6 is 0 Å². The molecular formula is C6H11NO3. The molecule has 0 aromatic carbocycles. The molecule has 58 valence electrons. The second-order valence-corrected chi connectivity index (χ2v) is 2.22. The molecule has 1 fully saturated rings. The van der Waals surface area contributed by atoms with Crippen molar-refractivity contribution in [2.24, 2.45) is 0 Å². The summed E-state index contributed by atoms with van der Waals surface area (Å²) in [7, 11) is 1.69. The van der Waals surface area contributed by atoms with Crippen molar-refractivity contribution in [3.63, 3.8) is 0 Å². The molecule has 0 aromatic rings. The lowest BCUT2D eigenvalue weighted by Gasteiger charge is -2.14. The van der Waals surface area contributed by atoms with E-state index in [4.69, 9.17) is 9.47 Å². The lowest BCUT2D eigenvalue weighted by molar-refractivity contribution is -0.122. The van der Waals surface area contributed by atoms with E-state index >= 15 is 0 Å². The van der Waals surface area contributed by atoms with Crippen LogP contribution in [0.3, 0.4) is 0 Å². The number of nitrogens with zero attached hydrogens (tertiary/aromatic N) is 1. The SMILES string of the molecule is CN(C=O)CC1OCCO1. The van der Waals surface area contributed by atoms with Gasteiger partial charge in [0, 0.05) is 7.05 Å². The van der Waals surface area contributed by atoms with Crippen molar-refractivity contribution in [2.45, 2.75) is 6.29 Å². The summed E-state index contributed by atoms with van der Waals surface area (Å²) in [5, 5.41) is 0. The number of carbonyl (C=O) groups is 1. The summed E-state index contributed by atoms with van der Waals surface area (Å²) in [6.07, 6.45) is 0.542. The number of carbonyl (C=O) groups excluding carboxylic acids is 1. The fourth-order valence-electron chi connectivity index (χ4n) is 0.791. The van der Waals surface area contributed by atoms with Gasteiger partial charge < -0.3 is 14.4 Å². The Morgan fingerprint density at radius 1 is 1.60 bits per heavy atom. The van der Waals surface area contributed by atoms with E-state index in [1.165, 1.54) is 4.90 Å². The minimum absolute atomic E-state index is 0.213. The largest absolute Gasteiger partial charge is 0.348 e. The molecule has 10 heavy (non-hydrogen) atoms. The summed E-state index contributed by atoms with van der Waals surface area (Å²) >= 11 is 0. The quantitative estimate of drug-likeness (QED) is 0.500. The summed E-state index contributed by atoms with van der Waals surface area (Å²) in [4.78, 5) is 11.6. The third-order valence-corrected chi connectivity index (χ3v) is 1.31. The van der Waals surface area contributed by atoms with Crippen LogP contribution in [0.15, 0.2) is 0 Å². The minimum Gasteiger partial charge on any atom is -0.348 e. The zero-order valence-corrected chi connectivity index (χ0v) is 5.95. The minimum atomic E-state index is -0.213. The molecule has 4 nitrogen and oxygen atoms in total. The highest BCUT2D eigenvalue weighted by Gasteiger charge is 2.16. The first-order valence-corrected chi connectivity index (χ1v) is 3.21. The van der Waals surface area contributed by atoms with Gasteiger partial charge in [0.15, 0.2) is 6.29 Å². The number of ether oxygens (including phenoxy) is 2. The lowest BCUT2D eigenvalue weighted by Crippen LogP contribution is -2.28. The molecule has 1 saturated heterocycles. The third kappa shape index (κ3) is 1.97. The highest BCUT2D eigenvalue weighted by atomic mass is 16.7. The van der Waals surface area contributed by atoms with E-state index in [0.29, 0.717) is 19.8 Å². The van der Waals surface area contributed by atoms with Gasteiger partial charge in [0.05, 0.1) is 19.8 Å². The number of rotatable bonds is 3. The van der Waals surface area contributed by atoms with Crippen molar-refractivity contribution >= 4 is 6.41 Å².